The third-order valence-electron chi connectivity index (χ3n) is 3.41. The van der Waals surface area contributed by atoms with Crippen LogP contribution in [-0.4, -0.2) is 55.1 Å². The summed E-state index contributed by atoms with van der Waals surface area (Å²) in [5.41, 5.74) is 2.55. The van der Waals surface area contributed by atoms with Gasteiger partial charge in [-0.05, 0) is 0 Å². The van der Waals surface area contributed by atoms with Crippen molar-refractivity contribution in [1.82, 2.24) is 20.5 Å². The topological polar surface area (TPSA) is 57.3 Å². The van der Waals surface area contributed by atoms with Gasteiger partial charge < -0.3 is 10.6 Å². The minimum Gasteiger partial charge on any atom is -0.350 e. The number of amides is 1. The Morgan fingerprint density at radius 3 is 2.80 bits per heavy atom. The normalized spacial score (nSPS) is 17.1. The Kier molecular flexibility index (Phi) is 5.12. The summed E-state index contributed by atoms with van der Waals surface area (Å²) < 4.78 is 0. The van der Waals surface area contributed by atoms with Crippen LogP contribution in [0.5, 0.6) is 0 Å². The van der Waals surface area contributed by atoms with Crippen molar-refractivity contribution in [2.75, 3.05) is 39.3 Å². The van der Waals surface area contributed by atoms with E-state index < -0.39 is 0 Å². The average Bonchev–Trinajstić information content (AvgIpc) is 2.89. The van der Waals surface area contributed by atoms with Crippen molar-refractivity contribution in [2.45, 2.75) is 26.2 Å². The summed E-state index contributed by atoms with van der Waals surface area (Å²) in [6.07, 6.45) is 0. The largest absolute Gasteiger partial charge is 0.350 e. The number of aromatic nitrogens is 1. The van der Waals surface area contributed by atoms with E-state index in [1.54, 1.807) is 5.51 Å². The molecule has 2 rings (SSSR count). The Bertz CT molecular complexity index is 446. The molecule has 1 fully saturated rings. The van der Waals surface area contributed by atoms with Crippen LogP contribution in [0.1, 0.15) is 36.1 Å². The summed E-state index contributed by atoms with van der Waals surface area (Å²) in [4.78, 5) is 19.7. The van der Waals surface area contributed by atoms with Gasteiger partial charge >= 0.3 is 0 Å². The summed E-state index contributed by atoms with van der Waals surface area (Å²) in [5.74, 6) is 0.00700. The lowest BCUT2D eigenvalue weighted by Gasteiger charge is -2.27. The SMILES string of the molecule is CC(C)(C)c1ncsc1C(=O)NCCN1CCNCC1. The molecular weight excluding hydrogens is 272 g/mol. The second-order valence-electron chi connectivity index (χ2n) is 6.13. The number of carbonyl (C=O) groups is 1. The van der Waals surface area contributed by atoms with E-state index in [-0.39, 0.29) is 11.3 Å². The fourth-order valence-electron chi connectivity index (χ4n) is 2.28. The molecule has 1 aromatic rings. The third-order valence-corrected chi connectivity index (χ3v) is 4.23. The highest BCUT2D eigenvalue weighted by Crippen LogP contribution is 2.26. The molecule has 0 bridgehead atoms. The monoisotopic (exact) mass is 296 g/mol. The minimum absolute atomic E-state index is 0.00700. The zero-order valence-electron chi connectivity index (χ0n) is 12.5. The number of nitrogens with zero attached hydrogens (tertiary/aromatic N) is 2. The van der Waals surface area contributed by atoms with Crippen LogP contribution in [0, 0.1) is 0 Å². The van der Waals surface area contributed by atoms with Gasteiger partial charge in [0.1, 0.15) is 4.88 Å². The average molecular weight is 296 g/mol. The number of nitrogens with one attached hydrogen (secondary N) is 2. The van der Waals surface area contributed by atoms with Gasteiger partial charge in [-0.2, -0.15) is 0 Å². The number of carbonyl (C=O) groups excluding carboxylic acids is 1. The van der Waals surface area contributed by atoms with Gasteiger partial charge in [0.15, 0.2) is 0 Å². The summed E-state index contributed by atoms with van der Waals surface area (Å²) >= 11 is 1.42. The van der Waals surface area contributed by atoms with Crippen LogP contribution in [0.2, 0.25) is 0 Å². The molecule has 2 N–H and O–H groups in total. The van der Waals surface area contributed by atoms with Crippen molar-refractivity contribution >= 4 is 17.2 Å². The maximum Gasteiger partial charge on any atom is 0.263 e. The van der Waals surface area contributed by atoms with E-state index in [9.17, 15) is 4.79 Å². The van der Waals surface area contributed by atoms with Gasteiger partial charge in [0.05, 0.1) is 11.2 Å². The highest BCUT2D eigenvalue weighted by molar-refractivity contribution is 7.11. The summed E-state index contributed by atoms with van der Waals surface area (Å²) in [6.45, 7) is 12.1. The van der Waals surface area contributed by atoms with Crippen LogP contribution >= 0.6 is 11.3 Å². The molecule has 0 atom stereocenters. The first-order valence-corrected chi connectivity index (χ1v) is 8.01. The van der Waals surface area contributed by atoms with Gasteiger partial charge in [0.25, 0.3) is 5.91 Å². The van der Waals surface area contributed by atoms with Crippen molar-refractivity contribution in [3.8, 4) is 0 Å². The zero-order chi connectivity index (χ0) is 14.6. The first kappa shape index (κ1) is 15.4. The molecule has 0 saturated carbocycles. The molecule has 0 unspecified atom stereocenters. The van der Waals surface area contributed by atoms with Crippen LogP contribution in [0.4, 0.5) is 0 Å². The van der Waals surface area contributed by atoms with E-state index in [1.165, 1.54) is 11.3 Å². The van der Waals surface area contributed by atoms with E-state index in [1.807, 2.05) is 0 Å². The van der Waals surface area contributed by atoms with Crippen LogP contribution in [0.25, 0.3) is 0 Å². The lowest BCUT2D eigenvalue weighted by Crippen LogP contribution is -2.46. The van der Waals surface area contributed by atoms with E-state index in [4.69, 9.17) is 0 Å². The molecule has 0 radical (unpaired) electrons. The molecule has 20 heavy (non-hydrogen) atoms. The molecule has 1 aromatic heterocycles. The molecule has 1 saturated heterocycles. The van der Waals surface area contributed by atoms with E-state index in [0.29, 0.717) is 6.54 Å². The van der Waals surface area contributed by atoms with E-state index in [0.717, 1.165) is 43.3 Å². The van der Waals surface area contributed by atoms with Gasteiger partial charge in [-0.15, -0.1) is 11.3 Å². The number of piperazine rings is 1. The maximum absolute atomic E-state index is 12.2. The first-order valence-electron chi connectivity index (χ1n) is 7.14. The summed E-state index contributed by atoms with van der Waals surface area (Å²) in [7, 11) is 0. The van der Waals surface area contributed by atoms with Crippen molar-refractivity contribution in [3.05, 3.63) is 16.1 Å². The molecule has 0 spiro atoms. The van der Waals surface area contributed by atoms with E-state index in [2.05, 4.69) is 41.3 Å². The second-order valence-corrected chi connectivity index (χ2v) is 6.98. The molecule has 0 aliphatic carbocycles. The Morgan fingerprint density at radius 1 is 1.45 bits per heavy atom. The predicted octanol–water partition coefficient (Wildman–Crippen LogP) is 1.08. The number of thiazole rings is 1. The van der Waals surface area contributed by atoms with Crippen molar-refractivity contribution in [3.63, 3.8) is 0 Å². The molecule has 5 nitrogen and oxygen atoms in total. The van der Waals surface area contributed by atoms with Crippen LogP contribution in [0.3, 0.4) is 0 Å². The fourth-order valence-corrected chi connectivity index (χ4v) is 3.20. The zero-order valence-corrected chi connectivity index (χ0v) is 13.3. The Hall–Kier alpha value is -0.980. The smallest absolute Gasteiger partial charge is 0.263 e. The lowest BCUT2D eigenvalue weighted by atomic mass is 9.91. The standard InChI is InChI=1S/C14H24N4OS/c1-14(2,3)12-11(20-10-17-12)13(19)16-6-9-18-7-4-15-5-8-18/h10,15H,4-9H2,1-3H3,(H,16,19). The molecule has 112 valence electrons. The fraction of sp³-hybridized carbons (Fsp3) is 0.714. The number of rotatable bonds is 4. The molecule has 1 aliphatic rings. The number of hydrogen-bond donors (Lipinski definition) is 2. The van der Waals surface area contributed by atoms with Crippen molar-refractivity contribution < 1.29 is 4.79 Å². The van der Waals surface area contributed by atoms with Crippen molar-refractivity contribution in [2.24, 2.45) is 0 Å². The van der Waals surface area contributed by atoms with Gasteiger partial charge in [-0.3, -0.25) is 9.69 Å². The quantitative estimate of drug-likeness (QED) is 0.873. The Labute approximate surface area is 124 Å². The van der Waals surface area contributed by atoms with Gasteiger partial charge in [-0.1, -0.05) is 20.8 Å². The molecule has 6 heteroatoms. The third kappa shape index (κ3) is 4.01. The van der Waals surface area contributed by atoms with Crippen LogP contribution < -0.4 is 10.6 Å². The molecule has 0 aromatic carbocycles. The Morgan fingerprint density at radius 2 is 2.15 bits per heavy atom. The molecule has 1 amide bonds. The van der Waals surface area contributed by atoms with Crippen LogP contribution in [-0.2, 0) is 5.41 Å². The summed E-state index contributed by atoms with van der Waals surface area (Å²) in [5, 5.41) is 6.34. The number of hydrogen-bond acceptors (Lipinski definition) is 5. The highest BCUT2D eigenvalue weighted by atomic mass is 32.1. The van der Waals surface area contributed by atoms with E-state index >= 15 is 0 Å². The summed E-state index contributed by atoms with van der Waals surface area (Å²) in [6, 6.07) is 0. The first-order chi connectivity index (χ1) is 9.48. The predicted molar refractivity (Wildman–Crippen MR) is 82.5 cm³/mol. The molecule has 1 aliphatic heterocycles. The van der Waals surface area contributed by atoms with Gasteiger partial charge in [0.2, 0.25) is 0 Å². The minimum atomic E-state index is -0.0921. The lowest BCUT2D eigenvalue weighted by molar-refractivity contribution is 0.0949. The van der Waals surface area contributed by atoms with Gasteiger partial charge in [-0.25, -0.2) is 4.98 Å². The Balaban J connectivity index is 1.84. The second kappa shape index (κ2) is 6.65. The molecular formula is C14H24N4OS. The van der Waals surface area contributed by atoms with Crippen molar-refractivity contribution in [1.29, 1.82) is 0 Å². The molecule has 2 heterocycles. The maximum atomic E-state index is 12.2. The highest BCUT2D eigenvalue weighted by Gasteiger charge is 2.24. The van der Waals surface area contributed by atoms with Crippen LogP contribution in [0.15, 0.2) is 5.51 Å². The van der Waals surface area contributed by atoms with Gasteiger partial charge in [0, 0.05) is 44.7 Å².